The van der Waals surface area contributed by atoms with Crippen molar-refractivity contribution in [3.63, 3.8) is 0 Å². The van der Waals surface area contributed by atoms with E-state index in [9.17, 15) is 9.65 Å². The number of benzene rings is 1. The molecule has 0 amide bonds. The van der Waals surface area contributed by atoms with Gasteiger partial charge in [0.15, 0.2) is 0 Å². The van der Waals surface area contributed by atoms with Crippen molar-refractivity contribution in [2.75, 3.05) is 30.3 Å². The van der Waals surface area contributed by atoms with Gasteiger partial charge in [-0.3, -0.25) is 4.90 Å². The number of fused-ring (bicyclic) bond motifs is 2. The Labute approximate surface area is 271 Å². The molecule has 244 valence electrons. The van der Waals surface area contributed by atoms with Crippen molar-refractivity contribution in [3.05, 3.63) is 45.9 Å². The fourth-order valence-corrected chi connectivity index (χ4v) is 8.04. The van der Waals surface area contributed by atoms with Crippen LogP contribution in [0.15, 0.2) is 12.1 Å². The molecule has 1 aromatic carbocycles. The molecule has 4 unspecified atom stereocenters. The van der Waals surface area contributed by atoms with Crippen LogP contribution in [0.4, 0.5) is 15.9 Å². The number of nitrogens with two attached hydrogens (primary N) is 1. The summed E-state index contributed by atoms with van der Waals surface area (Å²) in [6.45, 7) is 13.2. The number of nitrogens with zero attached hydrogens (tertiary/aromatic N) is 6. The fourth-order valence-electron chi connectivity index (χ4n) is 8.04. The van der Waals surface area contributed by atoms with E-state index in [0.717, 1.165) is 63.9 Å². The molecule has 1 aromatic heterocycles. The fraction of sp³-hybridized carbons (Fsp3) is 0.676. The maximum Gasteiger partial charge on any atom is 0.136 e. The van der Waals surface area contributed by atoms with Crippen LogP contribution in [0.5, 0.6) is 0 Å². The van der Waals surface area contributed by atoms with Crippen molar-refractivity contribution in [3.8, 4) is 12.1 Å². The van der Waals surface area contributed by atoms with E-state index in [1.54, 1.807) is 6.07 Å². The van der Waals surface area contributed by atoms with E-state index in [2.05, 4.69) is 49.6 Å². The van der Waals surface area contributed by atoms with Crippen LogP contribution in [0, 0.1) is 22.7 Å². The third-order valence-electron chi connectivity index (χ3n) is 10.3. The average Bonchev–Trinajstić information content (AvgIpc) is 3.41. The minimum Gasteiger partial charge on any atom is -0.398 e. The normalized spacial score (nSPS) is 25.8. The monoisotopic (exact) mass is 615 g/mol. The summed E-state index contributed by atoms with van der Waals surface area (Å²) in [7, 11) is 0. The molecule has 4 atom stereocenters. The minimum atomic E-state index is -0.551. The molecule has 0 spiro atoms. The molecule has 8 heteroatoms. The average molecular weight is 616 g/mol. The van der Waals surface area contributed by atoms with Crippen LogP contribution >= 0.6 is 0 Å². The van der Waals surface area contributed by atoms with Gasteiger partial charge in [0.1, 0.15) is 23.9 Å². The number of aromatic nitrogens is 2. The summed E-state index contributed by atoms with van der Waals surface area (Å²) in [6.07, 6.45) is 13.5. The first-order chi connectivity index (χ1) is 21.7. The van der Waals surface area contributed by atoms with Crippen LogP contribution in [-0.4, -0.2) is 52.3 Å². The molecule has 0 saturated carbocycles. The smallest absolute Gasteiger partial charge is 0.136 e. The highest BCUT2D eigenvalue weighted by Gasteiger charge is 2.44. The molecule has 3 fully saturated rings. The van der Waals surface area contributed by atoms with Gasteiger partial charge in [-0.2, -0.15) is 10.5 Å². The van der Waals surface area contributed by atoms with Crippen molar-refractivity contribution < 1.29 is 4.39 Å². The number of alkyl halides is 1. The second-order valence-electron chi connectivity index (χ2n) is 13.6. The number of anilines is 2. The quantitative estimate of drug-likeness (QED) is 0.345. The number of nitriles is 2. The van der Waals surface area contributed by atoms with E-state index in [1.807, 2.05) is 6.07 Å². The van der Waals surface area contributed by atoms with Crippen molar-refractivity contribution in [1.29, 1.82) is 10.5 Å². The SMILES string of the molecule is CC#N.CC12CCCN1CC(F)C2.CCCc1ccc(N)c(C#N)c1C1CCc2c(nc(CC)nc2N2CCCCCC2C)C1. The largest absolute Gasteiger partial charge is 0.398 e. The van der Waals surface area contributed by atoms with E-state index in [0.29, 0.717) is 23.8 Å². The predicted molar refractivity (Wildman–Crippen MR) is 181 cm³/mol. The van der Waals surface area contributed by atoms with Gasteiger partial charge in [0, 0.05) is 49.3 Å². The molecule has 3 saturated heterocycles. The molecule has 2 aromatic rings. The first-order valence-electron chi connectivity index (χ1n) is 17.4. The third kappa shape index (κ3) is 7.95. The van der Waals surface area contributed by atoms with Gasteiger partial charge in [0.2, 0.25) is 0 Å². The molecule has 3 aliphatic heterocycles. The molecule has 0 bridgehead atoms. The molecule has 2 N–H and O–H groups in total. The van der Waals surface area contributed by atoms with Crippen LogP contribution < -0.4 is 10.6 Å². The second kappa shape index (κ2) is 15.9. The van der Waals surface area contributed by atoms with Gasteiger partial charge in [0.25, 0.3) is 0 Å². The predicted octanol–water partition coefficient (Wildman–Crippen LogP) is 7.60. The Morgan fingerprint density at radius 2 is 1.87 bits per heavy atom. The number of nitrogen functional groups attached to an aromatic ring is 1. The minimum absolute atomic E-state index is 0.236. The van der Waals surface area contributed by atoms with Crippen molar-refractivity contribution in [1.82, 2.24) is 14.9 Å². The molecule has 0 radical (unpaired) electrons. The van der Waals surface area contributed by atoms with Gasteiger partial charge in [0.05, 0.1) is 17.3 Å². The van der Waals surface area contributed by atoms with Crippen LogP contribution in [0.2, 0.25) is 0 Å². The zero-order valence-electron chi connectivity index (χ0n) is 28.3. The molecule has 4 heterocycles. The van der Waals surface area contributed by atoms with E-state index in [1.165, 1.54) is 73.7 Å². The number of hydrogen-bond acceptors (Lipinski definition) is 7. The summed E-state index contributed by atoms with van der Waals surface area (Å²) in [5.41, 5.74) is 12.7. The number of halogens is 1. The van der Waals surface area contributed by atoms with Crippen LogP contribution in [0.25, 0.3) is 0 Å². The highest BCUT2D eigenvalue weighted by Crippen LogP contribution is 2.41. The Kier molecular flexibility index (Phi) is 12.2. The van der Waals surface area contributed by atoms with Crippen LogP contribution in [0.3, 0.4) is 0 Å². The molecule has 6 rings (SSSR count). The molecule has 7 nitrogen and oxygen atoms in total. The third-order valence-corrected chi connectivity index (χ3v) is 10.3. The van der Waals surface area contributed by atoms with E-state index < -0.39 is 6.17 Å². The lowest BCUT2D eigenvalue weighted by molar-refractivity contribution is 0.217. The summed E-state index contributed by atoms with van der Waals surface area (Å²) >= 11 is 0. The molecular weight excluding hydrogens is 561 g/mol. The van der Waals surface area contributed by atoms with Crippen LogP contribution in [0.1, 0.15) is 132 Å². The first-order valence-corrected chi connectivity index (χ1v) is 17.4. The standard InChI is InChI=1S/C27H37N5.C8H14FN.C2H3N/c1-4-9-19-12-14-23(29)22(17-28)26(19)20-11-13-21-24(16-20)30-25(5-2)31-27(21)32-15-8-6-7-10-18(32)3;1-8-3-2-4-10(8)6-7(9)5-8;1-2-3/h12,14,18,20H,4-11,13,15-16,29H2,1-3H3;7H,2-6H2,1H3;1H3. The lowest BCUT2D eigenvalue weighted by Crippen LogP contribution is -2.35. The van der Waals surface area contributed by atoms with Gasteiger partial charge in [-0.15, -0.1) is 0 Å². The van der Waals surface area contributed by atoms with Gasteiger partial charge < -0.3 is 10.6 Å². The summed E-state index contributed by atoms with van der Waals surface area (Å²) < 4.78 is 12.8. The lowest BCUT2D eigenvalue weighted by atomic mass is 9.78. The first kappa shape index (κ1) is 34.6. The highest BCUT2D eigenvalue weighted by atomic mass is 19.1. The molecule has 45 heavy (non-hydrogen) atoms. The van der Waals surface area contributed by atoms with Gasteiger partial charge in [-0.05, 0) is 101 Å². The number of hydrogen-bond donors (Lipinski definition) is 1. The highest BCUT2D eigenvalue weighted by molar-refractivity contribution is 5.62. The number of aryl methyl sites for hydroxylation is 2. The molecule has 4 aliphatic rings. The lowest BCUT2D eigenvalue weighted by Gasteiger charge is -2.34. The van der Waals surface area contributed by atoms with Crippen molar-refractivity contribution in [2.45, 2.75) is 142 Å². The maximum atomic E-state index is 12.8. The topological polar surface area (TPSA) is 106 Å². The summed E-state index contributed by atoms with van der Waals surface area (Å²) in [5.74, 6) is 2.41. The Morgan fingerprint density at radius 1 is 1.09 bits per heavy atom. The Hall–Kier alpha value is -3.23. The van der Waals surface area contributed by atoms with Crippen LogP contribution in [-0.2, 0) is 25.7 Å². The van der Waals surface area contributed by atoms with Gasteiger partial charge in [-0.1, -0.05) is 39.2 Å². The van der Waals surface area contributed by atoms with Gasteiger partial charge in [-0.25, -0.2) is 14.4 Å². The zero-order valence-corrected chi connectivity index (χ0v) is 28.3. The van der Waals surface area contributed by atoms with E-state index >= 15 is 0 Å². The van der Waals surface area contributed by atoms with Crippen molar-refractivity contribution >= 4 is 11.5 Å². The Morgan fingerprint density at radius 3 is 2.56 bits per heavy atom. The zero-order chi connectivity index (χ0) is 32.6. The Balaban J connectivity index is 0.000000293. The second-order valence-corrected chi connectivity index (χ2v) is 13.6. The maximum absolute atomic E-state index is 12.8. The van der Waals surface area contributed by atoms with E-state index in [-0.39, 0.29) is 11.5 Å². The van der Waals surface area contributed by atoms with Gasteiger partial charge >= 0.3 is 0 Å². The molecular formula is C37H54FN7. The summed E-state index contributed by atoms with van der Waals surface area (Å²) in [6, 6.07) is 8.72. The van der Waals surface area contributed by atoms with Crippen molar-refractivity contribution in [2.24, 2.45) is 0 Å². The summed E-state index contributed by atoms with van der Waals surface area (Å²) in [4.78, 5) is 14.9. The summed E-state index contributed by atoms with van der Waals surface area (Å²) in [5, 5.41) is 17.2. The Bertz CT molecular complexity index is 1380. The molecule has 1 aliphatic carbocycles. The number of rotatable bonds is 5. The van der Waals surface area contributed by atoms with E-state index in [4.69, 9.17) is 21.0 Å².